The molecule has 0 radical (unpaired) electrons. The van der Waals surface area contributed by atoms with Crippen LogP contribution in [-0.4, -0.2) is 18.5 Å². The first-order chi connectivity index (χ1) is 7.99. The molecule has 0 aromatic rings. The molecule has 1 amide bonds. The lowest BCUT2D eigenvalue weighted by Gasteiger charge is -2.42. The third-order valence-corrected chi connectivity index (χ3v) is 3.89. The number of hydrogen-bond donors (Lipinski definition) is 2. The lowest BCUT2D eigenvalue weighted by molar-refractivity contribution is -0.123. The van der Waals surface area contributed by atoms with Crippen LogP contribution < -0.4 is 11.1 Å². The Morgan fingerprint density at radius 2 is 2.06 bits per heavy atom. The zero-order valence-electron chi connectivity index (χ0n) is 11.6. The lowest BCUT2D eigenvalue weighted by Crippen LogP contribution is -2.47. The predicted molar refractivity (Wildman–Crippen MR) is 71.6 cm³/mol. The van der Waals surface area contributed by atoms with Gasteiger partial charge in [-0.3, -0.25) is 4.79 Å². The summed E-state index contributed by atoms with van der Waals surface area (Å²) >= 11 is 0. The van der Waals surface area contributed by atoms with Gasteiger partial charge in [-0.05, 0) is 37.0 Å². The van der Waals surface area contributed by atoms with Gasteiger partial charge < -0.3 is 11.1 Å². The van der Waals surface area contributed by atoms with Gasteiger partial charge in [-0.15, -0.1) is 0 Å². The van der Waals surface area contributed by atoms with Gasteiger partial charge in [-0.2, -0.15) is 0 Å². The Kier molecular flexibility index (Phi) is 5.44. The quantitative estimate of drug-likeness (QED) is 0.718. The van der Waals surface area contributed by atoms with E-state index in [1.807, 2.05) is 0 Å². The van der Waals surface area contributed by atoms with Gasteiger partial charge in [0.1, 0.15) is 0 Å². The summed E-state index contributed by atoms with van der Waals surface area (Å²) in [6.07, 6.45) is 7.04. The zero-order valence-corrected chi connectivity index (χ0v) is 11.6. The van der Waals surface area contributed by atoms with Gasteiger partial charge >= 0.3 is 0 Å². The standard InChI is InChI=1S/C14H28N2O/c1-4-6-14(7-5-8-14)10-16-13(17)12(15)9-11(2)3/h11-12H,4-10,15H2,1-3H3,(H,16,17)/t12-/m0/s1. The second-order valence-electron chi connectivity index (χ2n) is 6.06. The summed E-state index contributed by atoms with van der Waals surface area (Å²) in [4.78, 5) is 11.8. The summed E-state index contributed by atoms with van der Waals surface area (Å²) in [6, 6.07) is -0.339. The van der Waals surface area contributed by atoms with Gasteiger partial charge in [0, 0.05) is 6.54 Å². The first-order valence-electron chi connectivity index (χ1n) is 7.02. The van der Waals surface area contributed by atoms with Crippen molar-refractivity contribution in [2.45, 2.75) is 65.3 Å². The normalized spacial score (nSPS) is 19.8. The first kappa shape index (κ1) is 14.5. The molecule has 0 spiro atoms. The summed E-state index contributed by atoms with van der Waals surface area (Å²) in [6.45, 7) is 7.23. The van der Waals surface area contributed by atoms with Crippen LogP contribution >= 0.6 is 0 Å². The van der Waals surface area contributed by atoms with E-state index in [0.717, 1.165) is 13.0 Å². The van der Waals surface area contributed by atoms with E-state index in [1.54, 1.807) is 0 Å². The summed E-state index contributed by atoms with van der Waals surface area (Å²) in [5.74, 6) is 0.505. The largest absolute Gasteiger partial charge is 0.354 e. The van der Waals surface area contributed by atoms with Gasteiger partial charge in [0.05, 0.1) is 6.04 Å². The third-order valence-electron chi connectivity index (χ3n) is 3.89. The lowest BCUT2D eigenvalue weighted by atomic mass is 9.66. The predicted octanol–water partition coefficient (Wildman–Crippen LogP) is 2.45. The first-order valence-corrected chi connectivity index (χ1v) is 7.02. The highest BCUT2D eigenvalue weighted by atomic mass is 16.2. The van der Waals surface area contributed by atoms with Crippen molar-refractivity contribution in [3.8, 4) is 0 Å². The van der Waals surface area contributed by atoms with Crippen molar-refractivity contribution >= 4 is 5.91 Å². The fourth-order valence-corrected chi connectivity index (χ4v) is 2.74. The molecule has 1 atom stereocenters. The summed E-state index contributed by atoms with van der Waals surface area (Å²) in [5.41, 5.74) is 6.26. The third kappa shape index (κ3) is 4.30. The highest BCUT2D eigenvalue weighted by molar-refractivity contribution is 5.81. The number of rotatable bonds is 7. The average Bonchev–Trinajstić information content (AvgIpc) is 2.20. The summed E-state index contributed by atoms with van der Waals surface area (Å²) < 4.78 is 0. The minimum absolute atomic E-state index is 0.0288. The molecule has 3 N–H and O–H groups in total. The molecule has 100 valence electrons. The van der Waals surface area contributed by atoms with E-state index in [0.29, 0.717) is 11.3 Å². The van der Waals surface area contributed by atoms with Crippen molar-refractivity contribution < 1.29 is 4.79 Å². The number of nitrogens with one attached hydrogen (secondary N) is 1. The van der Waals surface area contributed by atoms with Gasteiger partial charge in [0.15, 0.2) is 0 Å². The van der Waals surface area contributed by atoms with Crippen molar-refractivity contribution in [3.05, 3.63) is 0 Å². The van der Waals surface area contributed by atoms with Crippen LogP contribution in [0.25, 0.3) is 0 Å². The fourth-order valence-electron chi connectivity index (χ4n) is 2.74. The second kappa shape index (κ2) is 6.39. The summed E-state index contributed by atoms with van der Waals surface area (Å²) in [5, 5.41) is 3.05. The molecule has 0 unspecified atom stereocenters. The molecule has 3 heteroatoms. The van der Waals surface area contributed by atoms with Gasteiger partial charge in [-0.1, -0.05) is 33.6 Å². The number of carbonyl (C=O) groups is 1. The molecule has 0 aromatic heterocycles. The van der Waals surface area contributed by atoms with Gasteiger partial charge in [0.25, 0.3) is 0 Å². The molecule has 0 aliphatic heterocycles. The Labute approximate surface area is 106 Å². The molecule has 1 aliphatic carbocycles. The van der Waals surface area contributed by atoms with E-state index in [1.165, 1.54) is 32.1 Å². The molecular formula is C14H28N2O. The number of amides is 1. The monoisotopic (exact) mass is 240 g/mol. The molecular weight excluding hydrogens is 212 g/mol. The maximum Gasteiger partial charge on any atom is 0.236 e. The Bertz CT molecular complexity index is 247. The van der Waals surface area contributed by atoms with Crippen molar-refractivity contribution in [3.63, 3.8) is 0 Å². The Balaban J connectivity index is 2.31. The van der Waals surface area contributed by atoms with Crippen LogP contribution in [0.3, 0.4) is 0 Å². The topological polar surface area (TPSA) is 55.1 Å². The van der Waals surface area contributed by atoms with Crippen LogP contribution in [0.4, 0.5) is 0 Å². The highest BCUT2D eigenvalue weighted by Gasteiger charge is 2.36. The van der Waals surface area contributed by atoms with Crippen LogP contribution in [0.1, 0.15) is 59.3 Å². The van der Waals surface area contributed by atoms with E-state index in [-0.39, 0.29) is 11.9 Å². The molecule has 0 saturated heterocycles. The number of nitrogens with two attached hydrogens (primary N) is 1. The molecule has 1 saturated carbocycles. The van der Waals surface area contributed by atoms with E-state index < -0.39 is 0 Å². The van der Waals surface area contributed by atoms with Crippen molar-refractivity contribution in [2.24, 2.45) is 17.1 Å². The Morgan fingerprint density at radius 1 is 1.41 bits per heavy atom. The van der Waals surface area contributed by atoms with E-state index >= 15 is 0 Å². The minimum Gasteiger partial charge on any atom is -0.354 e. The highest BCUT2D eigenvalue weighted by Crippen LogP contribution is 2.44. The van der Waals surface area contributed by atoms with E-state index in [9.17, 15) is 4.79 Å². The zero-order chi connectivity index (χ0) is 12.9. The molecule has 0 aromatic carbocycles. The van der Waals surface area contributed by atoms with Crippen molar-refractivity contribution in [2.75, 3.05) is 6.54 Å². The van der Waals surface area contributed by atoms with Crippen molar-refractivity contribution in [1.82, 2.24) is 5.32 Å². The molecule has 0 bridgehead atoms. The fraction of sp³-hybridized carbons (Fsp3) is 0.929. The van der Waals surface area contributed by atoms with Gasteiger partial charge in [-0.25, -0.2) is 0 Å². The molecule has 1 rings (SSSR count). The second-order valence-corrected chi connectivity index (χ2v) is 6.06. The number of hydrogen-bond acceptors (Lipinski definition) is 2. The summed E-state index contributed by atoms with van der Waals surface area (Å²) in [7, 11) is 0. The minimum atomic E-state index is -0.339. The molecule has 1 fully saturated rings. The van der Waals surface area contributed by atoms with Crippen LogP contribution in [0, 0.1) is 11.3 Å². The smallest absolute Gasteiger partial charge is 0.236 e. The maximum atomic E-state index is 11.8. The van der Waals surface area contributed by atoms with Gasteiger partial charge in [0.2, 0.25) is 5.91 Å². The van der Waals surface area contributed by atoms with Crippen LogP contribution in [0.2, 0.25) is 0 Å². The van der Waals surface area contributed by atoms with E-state index in [4.69, 9.17) is 5.73 Å². The van der Waals surface area contributed by atoms with Crippen LogP contribution in [0.15, 0.2) is 0 Å². The van der Waals surface area contributed by atoms with Crippen molar-refractivity contribution in [1.29, 1.82) is 0 Å². The Morgan fingerprint density at radius 3 is 2.47 bits per heavy atom. The molecule has 1 aliphatic rings. The Hall–Kier alpha value is -0.570. The SMILES string of the molecule is CCCC1(CNC(=O)[C@@H](N)CC(C)C)CCC1. The molecule has 3 nitrogen and oxygen atoms in total. The van der Waals surface area contributed by atoms with Crippen LogP contribution in [-0.2, 0) is 4.79 Å². The number of carbonyl (C=O) groups excluding carboxylic acids is 1. The van der Waals surface area contributed by atoms with E-state index in [2.05, 4.69) is 26.1 Å². The van der Waals surface area contributed by atoms with Crippen LogP contribution in [0.5, 0.6) is 0 Å². The molecule has 0 heterocycles. The average molecular weight is 240 g/mol. The molecule has 17 heavy (non-hydrogen) atoms. The maximum absolute atomic E-state index is 11.8.